The summed E-state index contributed by atoms with van der Waals surface area (Å²) in [7, 11) is 0. The Morgan fingerprint density at radius 1 is 1.33 bits per heavy atom. The summed E-state index contributed by atoms with van der Waals surface area (Å²) in [4.78, 5) is 2.64. The predicted molar refractivity (Wildman–Crippen MR) is 67.3 cm³/mol. The molecular weight excluding hydrogens is 184 g/mol. The number of piperidine rings is 1. The average molecular weight is 212 g/mol. The molecule has 90 valence electrons. The van der Waals surface area contributed by atoms with E-state index >= 15 is 0 Å². The van der Waals surface area contributed by atoms with Crippen molar-refractivity contribution in [2.75, 3.05) is 19.6 Å². The van der Waals surface area contributed by atoms with Crippen LogP contribution in [0.25, 0.3) is 0 Å². The molecule has 0 aromatic carbocycles. The lowest BCUT2D eigenvalue weighted by molar-refractivity contribution is 0.182. The second-order valence-corrected chi connectivity index (χ2v) is 5.17. The summed E-state index contributed by atoms with van der Waals surface area (Å²) in [6, 6.07) is 1.37. The molecule has 1 heterocycles. The van der Waals surface area contributed by atoms with Gasteiger partial charge in [0, 0.05) is 18.6 Å². The zero-order valence-electron chi connectivity index (χ0n) is 10.8. The number of nitrogens with one attached hydrogen (secondary N) is 1. The van der Waals surface area contributed by atoms with Gasteiger partial charge >= 0.3 is 0 Å². The summed E-state index contributed by atoms with van der Waals surface area (Å²) in [6.07, 6.45) is 6.84. The molecule has 0 aromatic heterocycles. The van der Waals surface area contributed by atoms with Crippen molar-refractivity contribution in [1.29, 1.82) is 0 Å². The molecule has 1 atom stereocenters. The molecule has 1 fully saturated rings. The molecule has 0 aromatic rings. The quantitative estimate of drug-likeness (QED) is 0.681. The fourth-order valence-electron chi connectivity index (χ4n) is 2.45. The van der Waals surface area contributed by atoms with Crippen molar-refractivity contribution in [3.8, 4) is 0 Å². The number of unbranched alkanes of at least 4 members (excludes halogenated alkanes) is 2. The second-order valence-electron chi connectivity index (χ2n) is 5.17. The van der Waals surface area contributed by atoms with Crippen LogP contribution in [0.5, 0.6) is 0 Å². The molecular formula is C13H28N2. The molecule has 1 saturated heterocycles. The Morgan fingerprint density at radius 2 is 2.13 bits per heavy atom. The number of rotatable bonds is 6. The minimum Gasteiger partial charge on any atom is -0.311 e. The van der Waals surface area contributed by atoms with Crippen LogP contribution in [0.3, 0.4) is 0 Å². The molecule has 0 aliphatic carbocycles. The molecule has 0 bridgehead atoms. The molecule has 2 heteroatoms. The molecule has 1 aliphatic rings. The summed E-state index contributed by atoms with van der Waals surface area (Å²) in [5.74, 6) is 0. The van der Waals surface area contributed by atoms with Gasteiger partial charge in [-0.3, -0.25) is 0 Å². The lowest BCUT2D eigenvalue weighted by Crippen LogP contribution is -2.47. The molecule has 15 heavy (non-hydrogen) atoms. The third-order valence-corrected chi connectivity index (χ3v) is 3.15. The van der Waals surface area contributed by atoms with E-state index in [1.807, 2.05) is 0 Å². The maximum Gasteiger partial charge on any atom is 0.0197 e. The van der Waals surface area contributed by atoms with Crippen molar-refractivity contribution < 1.29 is 0 Å². The monoisotopic (exact) mass is 212 g/mol. The van der Waals surface area contributed by atoms with E-state index in [0.29, 0.717) is 6.04 Å². The van der Waals surface area contributed by atoms with Crippen LogP contribution in [-0.4, -0.2) is 36.6 Å². The highest BCUT2D eigenvalue weighted by Gasteiger charge is 2.19. The molecule has 0 saturated carbocycles. The Hall–Kier alpha value is -0.0800. The Bertz CT molecular complexity index is 157. The Morgan fingerprint density at radius 3 is 2.80 bits per heavy atom. The van der Waals surface area contributed by atoms with Crippen molar-refractivity contribution in [2.24, 2.45) is 0 Å². The maximum atomic E-state index is 3.66. The Kier molecular flexibility index (Phi) is 6.26. The largest absolute Gasteiger partial charge is 0.311 e. The Labute approximate surface area is 95.4 Å². The Balaban J connectivity index is 2.17. The summed E-state index contributed by atoms with van der Waals surface area (Å²) in [5, 5.41) is 3.66. The molecule has 1 aliphatic heterocycles. The van der Waals surface area contributed by atoms with E-state index in [0.717, 1.165) is 6.04 Å². The maximum absolute atomic E-state index is 3.66. The van der Waals surface area contributed by atoms with Gasteiger partial charge in [-0.05, 0) is 32.4 Å². The first kappa shape index (κ1) is 13.0. The van der Waals surface area contributed by atoms with E-state index in [2.05, 4.69) is 31.0 Å². The number of hydrogen-bond donors (Lipinski definition) is 1. The topological polar surface area (TPSA) is 15.3 Å². The zero-order chi connectivity index (χ0) is 11.1. The highest BCUT2D eigenvalue weighted by Crippen LogP contribution is 2.11. The van der Waals surface area contributed by atoms with Crippen molar-refractivity contribution in [1.82, 2.24) is 10.2 Å². The van der Waals surface area contributed by atoms with E-state index in [4.69, 9.17) is 0 Å². The summed E-state index contributed by atoms with van der Waals surface area (Å²) < 4.78 is 0. The fraction of sp³-hybridized carbons (Fsp3) is 1.00. The zero-order valence-corrected chi connectivity index (χ0v) is 10.8. The summed E-state index contributed by atoms with van der Waals surface area (Å²) in [5.41, 5.74) is 0. The molecule has 0 spiro atoms. The van der Waals surface area contributed by atoms with E-state index < -0.39 is 0 Å². The minimum absolute atomic E-state index is 0.630. The highest BCUT2D eigenvalue weighted by molar-refractivity contribution is 4.79. The van der Waals surface area contributed by atoms with E-state index in [1.165, 1.54) is 51.7 Å². The standard InChI is InChI=1S/C13H28N2/c1-4-5-6-9-15-10-7-8-13(11-15)14-12(2)3/h12-14H,4-11H2,1-3H3. The highest BCUT2D eigenvalue weighted by atomic mass is 15.2. The van der Waals surface area contributed by atoms with E-state index in [9.17, 15) is 0 Å². The molecule has 0 radical (unpaired) electrons. The summed E-state index contributed by atoms with van der Waals surface area (Å²) in [6.45, 7) is 10.7. The van der Waals surface area contributed by atoms with Gasteiger partial charge in [-0.15, -0.1) is 0 Å². The van der Waals surface area contributed by atoms with Crippen LogP contribution in [0.1, 0.15) is 52.9 Å². The van der Waals surface area contributed by atoms with E-state index in [1.54, 1.807) is 0 Å². The fourth-order valence-corrected chi connectivity index (χ4v) is 2.45. The number of hydrogen-bond acceptors (Lipinski definition) is 2. The molecule has 1 N–H and O–H groups in total. The van der Waals surface area contributed by atoms with Crippen molar-refractivity contribution >= 4 is 0 Å². The first-order valence-electron chi connectivity index (χ1n) is 6.70. The van der Waals surface area contributed by atoms with Crippen molar-refractivity contribution in [3.63, 3.8) is 0 Å². The van der Waals surface area contributed by atoms with E-state index in [-0.39, 0.29) is 0 Å². The van der Waals surface area contributed by atoms with Gasteiger partial charge in [-0.2, -0.15) is 0 Å². The summed E-state index contributed by atoms with van der Waals surface area (Å²) >= 11 is 0. The molecule has 2 nitrogen and oxygen atoms in total. The minimum atomic E-state index is 0.630. The predicted octanol–water partition coefficient (Wildman–Crippen LogP) is 2.64. The van der Waals surface area contributed by atoms with Crippen LogP contribution in [-0.2, 0) is 0 Å². The van der Waals surface area contributed by atoms with Gasteiger partial charge in [0.05, 0.1) is 0 Å². The van der Waals surface area contributed by atoms with Crippen LogP contribution < -0.4 is 5.32 Å². The molecule has 1 unspecified atom stereocenters. The number of likely N-dealkylation sites (tertiary alicyclic amines) is 1. The van der Waals surface area contributed by atoms with Crippen molar-refractivity contribution in [2.45, 2.75) is 65.0 Å². The normalized spacial score (nSPS) is 23.6. The first-order chi connectivity index (χ1) is 7.22. The van der Waals surface area contributed by atoms with Crippen LogP contribution in [0.2, 0.25) is 0 Å². The number of nitrogens with zero attached hydrogens (tertiary/aromatic N) is 1. The van der Waals surface area contributed by atoms with Gasteiger partial charge in [0.1, 0.15) is 0 Å². The SMILES string of the molecule is CCCCCN1CCCC(NC(C)C)C1. The van der Waals surface area contributed by atoms with Crippen LogP contribution in [0.15, 0.2) is 0 Å². The van der Waals surface area contributed by atoms with Gasteiger partial charge < -0.3 is 10.2 Å². The van der Waals surface area contributed by atoms with Crippen molar-refractivity contribution in [3.05, 3.63) is 0 Å². The lowest BCUT2D eigenvalue weighted by Gasteiger charge is -2.34. The lowest BCUT2D eigenvalue weighted by atomic mass is 10.0. The van der Waals surface area contributed by atoms with Crippen LogP contribution in [0.4, 0.5) is 0 Å². The van der Waals surface area contributed by atoms with Gasteiger partial charge in [-0.1, -0.05) is 33.6 Å². The van der Waals surface area contributed by atoms with Gasteiger partial charge in [0.2, 0.25) is 0 Å². The van der Waals surface area contributed by atoms with Gasteiger partial charge in [0.15, 0.2) is 0 Å². The first-order valence-corrected chi connectivity index (χ1v) is 6.70. The van der Waals surface area contributed by atoms with Crippen LogP contribution >= 0.6 is 0 Å². The molecule has 0 amide bonds. The smallest absolute Gasteiger partial charge is 0.0197 e. The third-order valence-electron chi connectivity index (χ3n) is 3.15. The van der Waals surface area contributed by atoms with Gasteiger partial charge in [0.25, 0.3) is 0 Å². The van der Waals surface area contributed by atoms with Gasteiger partial charge in [-0.25, -0.2) is 0 Å². The second kappa shape index (κ2) is 7.24. The average Bonchev–Trinajstić information content (AvgIpc) is 2.18. The molecule has 1 rings (SSSR count). The van der Waals surface area contributed by atoms with Crippen LogP contribution in [0, 0.1) is 0 Å². The third kappa shape index (κ3) is 5.53.